The number of ether oxygens (including phenoxy) is 1. The van der Waals surface area contributed by atoms with E-state index in [4.69, 9.17) is 9.84 Å². The standard InChI is InChI=1S/C11H17N3O3/c1-4-17-9-7-8(2)12-11(13-9)14(3)6-5-10(15)16/h7H,4-6H2,1-3H3,(H,15,16). The lowest BCUT2D eigenvalue weighted by atomic mass is 10.4. The third-order valence-corrected chi connectivity index (χ3v) is 2.11. The minimum Gasteiger partial charge on any atom is -0.481 e. The molecule has 94 valence electrons. The van der Waals surface area contributed by atoms with Gasteiger partial charge in [0.1, 0.15) is 0 Å². The van der Waals surface area contributed by atoms with Gasteiger partial charge in [-0.1, -0.05) is 0 Å². The van der Waals surface area contributed by atoms with Crippen LogP contribution in [0.5, 0.6) is 5.88 Å². The molecular formula is C11H17N3O3. The van der Waals surface area contributed by atoms with Crippen LogP contribution < -0.4 is 9.64 Å². The Hall–Kier alpha value is -1.85. The van der Waals surface area contributed by atoms with Gasteiger partial charge in [-0.2, -0.15) is 4.98 Å². The summed E-state index contributed by atoms with van der Waals surface area (Å²) in [6.07, 6.45) is 0.0533. The summed E-state index contributed by atoms with van der Waals surface area (Å²) in [6, 6.07) is 1.75. The van der Waals surface area contributed by atoms with Gasteiger partial charge in [-0.05, 0) is 13.8 Å². The van der Waals surface area contributed by atoms with Gasteiger partial charge in [-0.15, -0.1) is 0 Å². The molecule has 0 saturated heterocycles. The molecule has 0 aromatic carbocycles. The van der Waals surface area contributed by atoms with Crippen LogP contribution in [0.3, 0.4) is 0 Å². The molecule has 0 unspecified atom stereocenters. The van der Waals surface area contributed by atoms with E-state index < -0.39 is 5.97 Å². The van der Waals surface area contributed by atoms with Crippen molar-refractivity contribution in [3.05, 3.63) is 11.8 Å². The number of hydrogen-bond donors (Lipinski definition) is 1. The normalized spacial score (nSPS) is 10.1. The van der Waals surface area contributed by atoms with Crippen LogP contribution in [0.4, 0.5) is 5.95 Å². The van der Waals surface area contributed by atoms with Gasteiger partial charge in [0.2, 0.25) is 11.8 Å². The Balaban J connectivity index is 2.77. The molecule has 1 aromatic heterocycles. The maximum atomic E-state index is 10.5. The van der Waals surface area contributed by atoms with E-state index in [-0.39, 0.29) is 6.42 Å². The fourth-order valence-corrected chi connectivity index (χ4v) is 1.28. The topological polar surface area (TPSA) is 75.5 Å². The van der Waals surface area contributed by atoms with Gasteiger partial charge in [0.15, 0.2) is 0 Å². The summed E-state index contributed by atoms with van der Waals surface area (Å²) in [5.41, 5.74) is 0.792. The van der Waals surface area contributed by atoms with Crippen molar-refractivity contribution in [3.63, 3.8) is 0 Å². The summed E-state index contributed by atoms with van der Waals surface area (Å²) in [4.78, 5) is 20.6. The van der Waals surface area contributed by atoms with Crippen molar-refractivity contribution in [2.75, 3.05) is 25.1 Å². The Morgan fingerprint density at radius 2 is 2.24 bits per heavy atom. The van der Waals surface area contributed by atoms with E-state index in [2.05, 4.69) is 9.97 Å². The SMILES string of the molecule is CCOc1cc(C)nc(N(C)CCC(=O)O)n1. The Labute approximate surface area is 100 Å². The molecule has 0 atom stereocenters. The summed E-state index contributed by atoms with van der Waals surface area (Å²) >= 11 is 0. The van der Waals surface area contributed by atoms with Crippen molar-refractivity contribution in [2.24, 2.45) is 0 Å². The second-order valence-electron chi connectivity index (χ2n) is 3.65. The van der Waals surface area contributed by atoms with Gasteiger partial charge >= 0.3 is 5.97 Å². The van der Waals surface area contributed by atoms with Crippen LogP contribution in [-0.2, 0) is 4.79 Å². The monoisotopic (exact) mass is 239 g/mol. The highest BCUT2D eigenvalue weighted by atomic mass is 16.5. The average molecular weight is 239 g/mol. The minimum absolute atomic E-state index is 0.0533. The van der Waals surface area contributed by atoms with Gasteiger partial charge in [-0.3, -0.25) is 4.79 Å². The predicted molar refractivity (Wildman–Crippen MR) is 63.5 cm³/mol. The van der Waals surface area contributed by atoms with Crippen molar-refractivity contribution in [2.45, 2.75) is 20.3 Å². The van der Waals surface area contributed by atoms with E-state index in [0.29, 0.717) is 25.0 Å². The van der Waals surface area contributed by atoms with Crippen LogP contribution in [0.25, 0.3) is 0 Å². The summed E-state index contributed by atoms with van der Waals surface area (Å²) in [7, 11) is 1.76. The summed E-state index contributed by atoms with van der Waals surface area (Å²) in [5, 5.41) is 8.61. The molecule has 1 aromatic rings. The zero-order chi connectivity index (χ0) is 12.8. The zero-order valence-corrected chi connectivity index (χ0v) is 10.3. The molecule has 1 N–H and O–H groups in total. The average Bonchev–Trinajstić information content (AvgIpc) is 2.25. The van der Waals surface area contributed by atoms with Crippen LogP contribution in [-0.4, -0.2) is 41.2 Å². The van der Waals surface area contributed by atoms with E-state index in [9.17, 15) is 4.79 Å². The van der Waals surface area contributed by atoms with Gasteiger partial charge < -0.3 is 14.7 Å². The first-order valence-corrected chi connectivity index (χ1v) is 5.44. The molecule has 0 saturated carbocycles. The van der Waals surface area contributed by atoms with Crippen LogP contribution >= 0.6 is 0 Å². The van der Waals surface area contributed by atoms with E-state index in [1.54, 1.807) is 18.0 Å². The summed E-state index contributed by atoms with van der Waals surface area (Å²) in [6.45, 7) is 4.63. The molecule has 0 aliphatic heterocycles. The summed E-state index contributed by atoms with van der Waals surface area (Å²) < 4.78 is 5.31. The largest absolute Gasteiger partial charge is 0.481 e. The lowest BCUT2D eigenvalue weighted by Crippen LogP contribution is -2.23. The first kappa shape index (κ1) is 13.2. The van der Waals surface area contributed by atoms with Crippen LogP contribution in [0.2, 0.25) is 0 Å². The van der Waals surface area contributed by atoms with Crippen molar-refractivity contribution >= 4 is 11.9 Å². The first-order valence-electron chi connectivity index (χ1n) is 5.44. The predicted octanol–water partition coefficient (Wildman–Crippen LogP) is 1.09. The molecule has 0 fully saturated rings. The number of rotatable bonds is 6. The molecule has 0 radical (unpaired) electrons. The maximum absolute atomic E-state index is 10.5. The molecular weight excluding hydrogens is 222 g/mol. The molecule has 1 heterocycles. The quantitative estimate of drug-likeness (QED) is 0.801. The van der Waals surface area contributed by atoms with E-state index in [1.165, 1.54) is 0 Å². The number of anilines is 1. The second kappa shape index (κ2) is 6.03. The Bertz CT molecular complexity index is 396. The van der Waals surface area contributed by atoms with Gasteiger partial charge in [0, 0.05) is 25.4 Å². The van der Waals surface area contributed by atoms with Crippen molar-refractivity contribution < 1.29 is 14.6 Å². The van der Waals surface area contributed by atoms with Crippen LogP contribution in [0, 0.1) is 6.92 Å². The molecule has 0 bridgehead atoms. The minimum atomic E-state index is -0.838. The van der Waals surface area contributed by atoms with Crippen LogP contribution in [0.15, 0.2) is 6.07 Å². The highest BCUT2D eigenvalue weighted by Crippen LogP contribution is 2.14. The second-order valence-corrected chi connectivity index (χ2v) is 3.65. The van der Waals surface area contributed by atoms with E-state index >= 15 is 0 Å². The maximum Gasteiger partial charge on any atom is 0.305 e. The molecule has 0 aliphatic carbocycles. The highest BCUT2D eigenvalue weighted by molar-refractivity contribution is 5.67. The van der Waals surface area contributed by atoms with E-state index in [0.717, 1.165) is 5.69 Å². The van der Waals surface area contributed by atoms with Gasteiger partial charge in [0.25, 0.3) is 0 Å². The summed E-state index contributed by atoms with van der Waals surface area (Å²) in [5.74, 6) is 0.154. The number of hydrogen-bond acceptors (Lipinski definition) is 5. The Kier molecular flexibility index (Phi) is 4.68. The number of carboxylic acids is 1. The highest BCUT2D eigenvalue weighted by Gasteiger charge is 2.09. The number of aromatic nitrogens is 2. The molecule has 17 heavy (non-hydrogen) atoms. The lowest BCUT2D eigenvalue weighted by molar-refractivity contribution is -0.136. The molecule has 0 spiro atoms. The Morgan fingerprint density at radius 1 is 1.53 bits per heavy atom. The fourth-order valence-electron chi connectivity index (χ4n) is 1.28. The van der Waals surface area contributed by atoms with Crippen LogP contribution in [0.1, 0.15) is 19.0 Å². The number of carbonyl (C=O) groups is 1. The number of carboxylic acid groups (broad SMARTS) is 1. The van der Waals surface area contributed by atoms with Crippen molar-refractivity contribution in [1.82, 2.24) is 9.97 Å². The molecule has 6 nitrogen and oxygen atoms in total. The Morgan fingerprint density at radius 3 is 2.82 bits per heavy atom. The first-order chi connectivity index (χ1) is 8.02. The smallest absolute Gasteiger partial charge is 0.305 e. The fraction of sp³-hybridized carbons (Fsp3) is 0.545. The van der Waals surface area contributed by atoms with E-state index in [1.807, 2.05) is 13.8 Å². The molecule has 0 aliphatic rings. The lowest BCUT2D eigenvalue weighted by Gasteiger charge is -2.17. The molecule has 6 heteroatoms. The van der Waals surface area contributed by atoms with Crippen molar-refractivity contribution in [3.8, 4) is 5.88 Å². The third kappa shape index (κ3) is 4.26. The van der Waals surface area contributed by atoms with Crippen molar-refractivity contribution in [1.29, 1.82) is 0 Å². The number of nitrogens with zero attached hydrogens (tertiary/aromatic N) is 3. The molecule has 1 rings (SSSR count). The number of aryl methyl sites for hydroxylation is 1. The molecule has 0 amide bonds. The third-order valence-electron chi connectivity index (χ3n) is 2.11. The zero-order valence-electron chi connectivity index (χ0n) is 10.3. The number of aliphatic carboxylic acids is 1. The van der Waals surface area contributed by atoms with Gasteiger partial charge in [-0.25, -0.2) is 4.98 Å². The van der Waals surface area contributed by atoms with Gasteiger partial charge in [0.05, 0.1) is 13.0 Å².